The summed E-state index contributed by atoms with van der Waals surface area (Å²) >= 11 is 14.5. The van der Waals surface area contributed by atoms with E-state index in [1.165, 1.54) is 0 Å². The van der Waals surface area contributed by atoms with E-state index in [0.29, 0.717) is 32.0 Å². The van der Waals surface area contributed by atoms with Crippen molar-refractivity contribution < 1.29 is 9.59 Å². The minimum absolute atomic E-state index is 0.123. The highest BCUT2D eigenvalue weighted by atomic mass is 79.9. The maximum atomic E-state index is 12.5. The van der Waals surface area contributed by atoms with E-state index in [-0.39, 0.29) is 16.9 Å². The summed E-state index contributed by atoms with van der Waals surface area (Å²) in [5.41, 5.74) is 2.06. The zero-order valence-corrected chi connectivity index (χ0v) is 18.1. The van der Waals surface area contributed by atoms with Crippen molar-refractivity contribution in [1.29, 1.82) is 0 Å². The summed E-state index contributed by atoms with van der Waals surface area (Å²) in [7, 11) is 0. The third-order valence-electron chi connectivity index (χ3n) is 3.81. The van der Waals surface area contributed by atoms with Crippen LogP contribution in [0.3, 0.4) is 0 Å². The van der Waals surface area contributed by atoms with Gasteiger partial charge in [0.15, 0.2) is 5.11 Å². The largest absolute Gasteiger partial charge is 0.332 e. The van der Waals surface area contributed by atoms with Gasteiger partial charge in [0, 0.05) is 26.4 Å². The van der Waals surface area contributed by atoms with E-state index in [9.17, 15) is 9.59 Å². The average Bonchev–Trinajstić information content (AvgIpc) is 2.68. The van der Waals surface area contributed by atoms with Gasteiger partial charge in [-0.15, -0.1) is 0 Å². The molecule has 0 fully saturated rings. The molecule has 0 bridgehead atoms. The molecule has 0 saturated heterocycles. The summed E-state index contributed by atoms with van der Waals surface area (Å²) < 4.78 is 0.667. The summed E-state index contributed by atoms with van der Waals surface area (Å²) in [6, 6.07) is 20.7. The highest BCUT2D eigenvalue weighted by Gasteiger charge is 2.12. The molecule has 0 heterocycles. The topological polar surface area (TPSA) is 70.2 Å². The maximum absolute atomic E-state index is 12.5. The third kappa shape index (κ3) is 5.87. The van der Waals surface area contributed by atoms with E-state index in [0.717, 1.165) is 0 Å². The molecule has 0 spiro atoms. The number of carbonyl (C=O) groups excluding carboxylic acids is 2. The van der Waals surface area contributed by atoms with Crippen molar-refractivity contribution in [2.24, 2.45) is 0 Å². The first-order valence-electron chi connectivity index (χ1n) is 8.46. The van der Waals surface area contributed by atoms with E-state index in [1.54, 1.807) is 66.7 Å². The summed E-state index contributed by atoms with van der Waals surface area (Å²) in [4.78, 5) is 24.8. The van der Waals surface area contributed by atoms with Gasteiger partial charge in [-0.1, -0.05) is 35.9 Å². The lowest BCUT2D eigenvalue weighted by atomic mass is 10.2. The highest BCUT2D eigenvalue weighted by Crippen LogP contribution is 2.18. The molecule has 0 aliphatic heterocycles. The first-order valence-corrected chi connectivity index (χ1v) is 10.0. The molecular weight excluding hydrogens is 474 g/mol. The van der Waals surface area contributed by atoms with Crippen molar-refractivity contribution in [3.63, 3.8) is 0 Å². The van der Waals surface area contributed by atoms with Crippen LogP contribution in [0.5, 0.6) is 0 Å². The van der Waals surface area contributed by atoms with Gasteiger partial charge in [-0.3, -0.25) is 14.9 Å². The Morgan fingerprint density at radius 1 is 0.828 bits per heavy atom. The third-order valence-corrected chi connectivity index (χ3v) is 4.94. The van der Waals surface area contributed by atoms with E-state index >= 15 is 0 Å². The van der Waals surface area contributed by atoms with Gasteiger partial charge in [-0.2, -0.15) is 0 Å². The first-order chi connectivity index (χ1) is 13.9. The molecule has 2 amide bonds. The number of hydrogen-bond donors (Lipinski definition) is 3. The second-order valence-electron chi connectivity index (χ2n) is 5.93. The Morgan fingerprint density at radius 2 is 1.52 bits per heavy atom. The Labute approximate surface area is 186 Å². The number of amides is 2. The van der Waals surface area contributed by atoms with Crippen LogP contribution in [0, 0.1) is 0 Å². The molecule has 0 unspecified atom stereocenters. The Bertz CT molecular complexity index is 1090. The normalized spacial score (nSPS) is 10.1. The van der Waals surface area contributed by atoms with Crippen molar-refractivity contribution in [3.05, 3.63) is 93.4 Å². The smallest absolute Gasteiger partial charge is 0.258 e. The molecular formula is C21H15BrClN3O2S. The summed E-state index contributed by atoms with van der Waals surface area (Å²) in [6.07, 6.45) is 0. The molecule has 0 radical (unpaired) electrons. The SMILES string of the molecule is O=C(Nc1cccc(Cl)c1)c1cccc(NC(=S)NC(=O)c2ccccc2Br)c1. The predicted molar refractivity (Wildman–Crippen MR) is 124 cm³/mol. The molecule has 3 rings (SSSR count). The van der Waals surface area contributed by atoms with E-state index in [2.05, 4.69) is 31.9 Å². The molecule has 5 nitrogen and oxygen atoms in total. The molecule has 3 N–H and O–H groups in total. The molecule has 29 heavy (non-hydrogen) atoms. The molecule has 8 heteroatoms. The van der Waals surface area contributed by atoms with Gasteiger partial charge in [-0.05, 0) is 76.7 Å². The zero-order chi connectivity index (χ0) is 20.8. The van der Waals surface area contributed by atoms with Crippen molar-refractivity contribution in [2.45, 2.75) is 0 Å². The first kappa shape index (κ1) is 21.0. The zero-order valence-electron chi connectivity index (χ0n) is 14.9. The Morgan fingerprint density at radius 3 is 2.24 bits per heavy atom. The van der Waals surface area contributed by atoms with Crippen LogP contribution in [0.4, 0.5) is 11.4 Å². The fraction of sp³-hybridized carbons (Fsp3) is 0. The average molecular weight is 489 g/mol. The minimum Gasteiger partial charge on any atom is -0.332 e. The van der Waals surface area contributed by atoms with Crippen LogP contribution in [0.25, 0.3) is 0 Å². The number of anilines is 2. The second kappa shape index (κ2) is 9.65. The van der Waals surface area contributed by atoms with Gasteiger partial charge in [0.25, 0.3) is 11.8 Å². The van der Waals surface area contributed by atoms with Gasteiger partial charge in [-0.25, -0.2) is 0 Å². The second-order valence-corrected chi connectivity index (χ2v) is 7.63. The van der Waals surface area contributed by atoms with Crippen LogP contribution in [0.1, 0.15) is 20.7 Å². The van der Waals surface area contributed by atoms with E-state index in [4.69, 9.17) is 23.8 Å². The number of halogens is 2. The Kier molecular flexibility index (Phi) is 6.98. The molecule has 0 atom stereocenters. The van der Waals surface area contributed by atoms with Gasteiger partial charge in [0.05, 0.1) is 5.56 Å². The van der Waals surface area contributed by atoms with Crippen LogP contribution < -0.4 is 16.0 Å². The van der Waals surface area contributed by atoms with Crippen LogP contribution in [0.15, 0.2) is 77.3 Å². The molecule has 0 saturated carbocycles. The Balaban J connectivity index is 1.64. The molecule has 0 aromatic heterocycles. The molecule has 3 aromatic carbocycles. The number of thiocarbonyl (C=S) groups is 1. The van der Waals surface area contributed by atoms with Crippen molar-refractivity contribution in [2.75, 3.05) is 10.6 Å². The van der Waals surface area contributed by atoms with Gasteiger partial charge < -0.3 is 10.6 Å². The molecule has 146 valence electrons. The quantitative estimate of drug-likeness (QED) is 0.425. The summed E-state index contributed by atoms with van der Waals surface area (Å²) in [6.45, 7) is 0. The summed E-state index contributed by atoms with van der Waals surface area (Å²) in [5, 5.41) is 8.97. The number of benzene rings is 3. The number of hydrogen-bond acceptors (Lipinski definition) is 3. The molecule has 3 aromatic rings. The maximum Gasteiger partial charge on any atom is 0.258 e. The van der Waals surface area contributed by atoms with Crippen LogP contribution in [0.2, 0.25) is 5.02 Å². The monoisotopic (exact) mass is 487 g/mol. The lowest BCUT2D eigenvalue weighted by Gasteiger charge is -2.12. The fourth-order valence-corrected chi connectivity index (χ4v) is 3.35. The van der Waals surface area contributed by atoms with Gasteiger partial charge >= 0.3 is 0 Å². The predicted octanol–water partition coefficient (Wildman–Crippen LogP) is 5.48. The number of rotatable bonds is 4. The standard InChI is InChI=1S/C21H15BrClN3O2S/c22-18-10-2-1-9-17(18)20(28)26-21(29)25-15-7-3-5-13(11-15)19(27)24-16-8-4-6-14(23)12-16/h1-12H,(H,24,27)(H2,25,26,28,29). The van der Waals surface area contributed by atoms with Gasteiger partial charge in [0.2, 0.25) is 0 Å². The highest BCUT2D eigenvalue weighted by molar-refractivity contribution is 9.10. The van der Waals surface area contributed by atoms with Crippen LogP contribution in [-0.2, 0) is 0 Å². The minimum atomic E-state index is -0.343. The number of nitrogens with one attached hydrogen (secondary N) is 3. The van der Waals surface area contributed by atoms with Crippen LogP contribution in [-0.4, -0.2) is 16.9 Å². The van der Waals surface area contributed by atoms with Gasteiger partial charge in [0.1, 0.15) is 0 Å². The summed E-state index contributed by atoms with van der Waals surface area (Å²) in [5.74, 6) is -0.635. The van der Waals surface area contributed by atoms with Crippen molar-refractivity contribution in [3.8, 4) is 0 Å². The Hall–Kier alpha value is -2.74. The molecule has 0 aliphatic carbocycles. The number of carbonyl (C=O) groups is 2. The van der Waals surface area contributed by atoms with Crippen molar-refractivity contribution >= 4 is 68.1 Å². The lowest BCUT2D eigenvalue weighted by Crippen LogP contribution is -2.34. The van der Waals surface area contributed by atoms with E-state index in [1.807, 2.05) is 6.07 Å². The fourth-order valence-electron chi connectivity index (χ4n) is 2.49. The lowest BCUT2D eigenvalue weighted by molar-refractivity contribution is 0.0975. The molecule has 0 aliphatic rings. The van der Waals surface area contributed by atoms with Crippen LogP contribution >= 0.6 is 39.7 Å². The van der Waals surface area contributed by atoms with Crippen molar-refractivity contribution in [1.82, 2.24) is 5.32 Å². The van der Waals surface area contributed by atoms with E-state index < -0.39 is 0 Å².